The number of guanidine groups is 1. The Morgan fingerprint density at radius 1 is 1.29 bits per heavy atom. The van der Waals surface area contributed by atoms with Gasteiger partial charge in [0.05, 0.1) is 12.1 Å². The van der Waals surface area contributed by atoms with Gasteiger partial charge in [-0.15, -0.1) is 24.0 Å². The van der Waals surface area contributed by atoms with Gasteiger partial charge in [-0.05, 0) is 26.8 Å². The van der Waals surface area contributed by atoms with Gasteiger partial charge in [0.15, 0.2) is 5.96 Å². The Bertz CT molecular complexity index is 452. The van der Waals surface area contributed by atoms with Crippen molar-refractivity contribution in [2.45, 2.75) is 32.9 Å². The van der Waals surface area contributed by atoms with E-state index in [1.807, 2.05) is 26.8 Å². The van der Waals surface area contributed by atoms with Gasteiger partial charge >= 0.3 is 0 Å². The van der Waals surface area contributed by atoms with Gasteiger partial charge in [-0.2, -0.15) is 0 Å². The molecule has 1 rings (SSSR count). The van der Waals surface area contributed by atoms with Crippen molar-refractivity contribution in [2.75, 3.05) is 20.2 Å². The largest absolute Gasteiger partial charge is 0.377 e. The van der Waals surface area contributed by atoms with Crippen LogP contribution in [-0.4, -0.2) is 31.8 Å². The molecule has 0 spiro atoms. The zero-order valence-electron chi connectivity index (χ0n) is 13.1. The number of hydrogen-bond acceptors (Lipinski definition) is 2. The smallest absolute Gasteiger partial charge is 0.191 e. The average Bonchev–Trinajstić information content (AvgIpc) is 2.43. The van der Waals surface area contributed by atoms with E-state index in [0.29, 0.717) is 24.6 Å². The number of methoxy groups -OCH3 is 1. The summed E-state index contributed by atoms with van der Waals surface area (Å²) in [5.74, 6) is 0.421. The van der Waals surface area contributed by atoms with Crippen molar-refractivity contribution < 1.29 is 9.13 Å². The summed E-state index contributed by atoms with van der Waals surface area (Å²) in [5.41, 5.74) is 0.296. The minimum absolute atomic E-state index is 0. The molecule has 21 heavy (non-hydrogen) atoms. The first-order valence-electron chi connectivity index (χ1n) is 6.79. The molecule has 4 nitrogen and oxygen atoms in total. The molecule has 0 aliphatic heterocycles. The quantitative estimate of drug-likeness (QED) is 0.432. The Balaban J connectivity index is 0.00000400. The highest BCUT2D eigenvalue weighted by molar-refractivity contribution is 14.0. The van der Waals surface area contributed by atoms with E-state index in [4.69, 9.17) is 4.74 Å². The number of aliphatic imine (C=N–C) groups is 1. The molecule has 6 heteroatoms. The SMILES string of the molecule is CCNC(=NCc1ccccc1F)NCC(C)(C)OC.I. The van der Waals surface area contributed by atoms with E-state index < -0.39 is 0 Å². The van der Waals surface area contributed by atoms with E-state index in [2.05, 4.69) is 15.6 Å². The van der Waals surface area contributed by atoms with Crippen molar-refractivity contribution in [3.63, 3.8) is 0 Å². The molecular formula is C15H25FIN3O. The molecular weight excluding hydrogens is 384 g/mol. The maximum Gasteiger partial charge on any atom is 0.191 e. The molecule has 0 heterocycles. The van der Waals surface area contributed by atoms with Crippen LogP contribution >= 0.6 is 24.0 Å². The van der Waals surface area contributed by atoms with Gasteiger partial charge in [0.1, 0.15) is 5.82 Å². The highest BCUT2D eigenvalue weighted by Crippen LogP contribution is 2.08. The van der Waals surface area contributed by atoms with Crippen LogP contribution in [-0.2, 0) is 11.3 Å². The maximum absolute atomic E-state index is 13.5. The fourth-order valence-corrected chi connectivity index (χ4v) is 1.50. The summed E-state index contributed by atoms with van der Waals surface area (Å²) in [6.07, 6.45) is 0. The van der Waals surface area contributed by atoms with Crippen LogP contribution in [0.25, 0.3) is 0 Å². The van der Waals surface area contributed by atoms with Crippen LogP contribution in [0.5, 0.6) is 0 Å². The molecule has 2 N–H and O–H groups in total. The lowest BCUT2D eigenvalue weighted by Crippen LogP contribution is -2.45. The Labute approximate surface area is 143 Å². The Hall–Kier alpha value is -0.890. The number of ether oxygens (including phenoxy) is 1. The molecule has 1 aromatic carbocycles. The van der Waals surface area contributed by atoms with Crippen molar-refractivity contribution >= 4 is 29.9 Å². The first-order valence-corrected chi connectivity index (χ1v) is 6.79. The molecule has 0 radical (unpaired) electrons. The van der Waals surface area contributed by atoms with Gasteiger partial charge in [0, 0.05) is 25.8 Å². The second kappa shape index (κ2) is 9.94. The van der Waals surface area contributed by atoms with E-state index in [0.717, 1.165) is 6.54 Å². The van der Waals surface area contributed by atoms with Gasteiger partial charge in [0.2, 0.25) is 0 Å². The summed E-state index contributed by atoms with van der Waals surface area (Å²) >= 11 is 0. The van der Waals surface area contributed by atoms with Gasteiger partial charge in [0.25, 0.3) is 0 Å². The summed E-state index contributed by atoms with van der Waals surface area (Å²) in [4.78, 5) is 4.38. The maximum atomic E-state index is 13.5. The molecule has 0 saturated heterocycles. The molecule has 0 aliphatic rings. The minimum Gasteiger partial charge on any atom is -0.377 e. The van der Waals surface area contributed by atoms with Crippen molar-refractivity contribution in [3.05, 3.63) is 35.6 Å². The van der Waals surface area contributed by atoms with Crippen LogP contribution in [0.15, 0.2) is 29.3 Å². The minimum atomic E-state index is -0.284. The van der Waals surface area contributed by atoms with E-state index in [1.54, 1.807) is 19.2 Å². The van der Waals surface area contributed by atoms with Crippen molar-refractivity contribution in [1.82, 2.24) is 10.6 Å². The van der Waals surface area contributed by atoms with Crippen LogP contribution in [0.4, 0.5) is 4.39 Å². The van der Waals surface area contributed by atoms with Crippen LogP contribution < -0.4 is 10.6 Å². The van der Waals surface area contributed by atoms with Gasteiger partial charge in [-0.3, -0.25) is 0 Å². The molecule has 120 valence electrons. The van der Waals surface area contributed by atoms with Gasteiger partial charge in [-0.1, -0.05) is 18.2 Å². The van der Waals surface area contributed by atoms with Crippen molar-refractivity contribution in [3.8, 4) is 0 Å². The standard InChI is InChI=1S/C15H24FN3O.HI/c1-5-17-14(19-11-15(2,3)20-4)18-10-12-8-6-7-9-13(12)16;/h6-9H,5,10-11H2,1-4H3,(H2,17,18,19);1H. The lowest BCUT2D eigenvalue weighted by atomic mass is 10.1. The Morgan fingerprint density at radius 2 is 1.95 bits per heavy atom. The topological polar surface area (TPSA) is 45.7 Å². The number of nitrogens with one attached hydrogen (secondary N) is 2. The number of hydrogen-bond donors (Lipinski definition) is 2. The third kappa shape index (κ3) is 7.61. The van der Waals surface area contributed by atoms with Crippen molar-refractivity contribution in [1.29, 1.82) is 0 Å². The number of nitrogens with zero attached hydrogens (tertiary/aromatic N) is 1. The summed E-state index contributed by atoms with van der Waals surface area (Å²) in [6, 6.07) is 6.66. The molecule has 0 aromatic heterocycles. The number of benzene rings is 1. The summed E-state index contributed by atoms with van der Waals surface area (Å²) in [6.45, 7) is 7.63. The second-order valence-electron chi connectivity index (χ2n) is 5.10. The molecule has 0 unspecified atom stereocenters. The molecule has 0 amide bonds. The van der Waals surface area contributed by atoms with Crippen LogP contribution in [0.1, 0.15) is 26.3 Å². The first-order chi connectivity index (χ1) is 9.48. The summed E-state index contributed by atoms with van der Waals surface area (Å²) in [7, 11) is 1.67. The third-order valence-electron chi connectivity index (χ3n) is 2.94. The molecule has 0 fully saturated rings. The first kappa shape index (κ1) is 20.1. The van der Waals surface area contributed by atoms with Crippen molar-refractivity contribution in [2.24, 2.45) is 4.99 Å². The second-order valence-corrected chi connectivity index (χ2v) is 5.10. The zero-order chi connectivity index (χ0) is 15.0. The molecule has 1 aromatic rings. The summed E-state index contributed by atoms with van der Waals surface area (Å²) < 4.78 is 18.9. The molecule has 0 aliphatic carbocycles. The number of halogens is 2. The zero-order valence-corrected chi connectivity index (χ0v) is 15.4. The molecule has 0 bridgehead atoms. The fraction of sp³-hybridized carbons (Fsp3) is 0.533. The van der Waals surface area contributed by atoms with E-state index in [1.165, 1.54) is 6.07 Å². The lowest BCUT2D eigenvalue weighted by molar-refractivity contribution is 0.0268. The van der Waals surface area contributed by atoms with Gasteiger partial charge < -0.3 is 15.4 Å². The van der Waals surface area contributed by atoms with E-state index in [9.17, 15) is 4.39 Å². The Morgan fingerprint density at radius 3 is 2.52 bits per heavy atom. The van der Waals surface area contributed by atoms with Gasteiger partial charge in [-0.25, -0.2) is 9.38 Å². The van der Waals surface area contributed by atoms with E-state index >= 15 is 0 Å². The van der Waals surface area contributed by atoms with E-state index in [-0.39, 0.29) is 35.4 Å². The van der Waals surface area contributed by atoms with Crippen LogP contribution in [0, 0.1) is 5.82 Å². The monoisotopic (exact) mass is 409 g/mol. The van der Waals surface area contributed by atoms with Crippen LogP contribution in [0.2, 0.25) is 0 Å². The predicted octanol–water partition coefficient (Wildman–Crippen LogP) is 2.92. The average molecular weight is 409 g/mol. The Kier molecular flexibility index (Phi) is 9.52. The highest BCUT2D eigenvalue weighted by atomic mass is 127. The lowest BCUT2D eigenvalue weighted by Gasteiger charge is -2.24. The third-order valence-corrected chi connectivity index (χ3v) is 2.94. The van der Waals surface area contributed by atoms with Crippen LogP contribution in [0.3, 0.4) is 0 Å². The summed E-state index contributed by atoms with van der Waals surface area (Å²) in [5, 5.41) is 6.32. The molecule has 0 atom stereocenters. The highest BCUT2D eigenvalue weighted by Gasteiger charge is 2.16. The predicted molar refractivity (Wildman–Crippen MR) is 95.7 cm³/mol. The fourth-order valence-electron chi connectivity index (χ4n) is 1.50. The number of rotatable bonds is 6. The normalized spacial score (nSPS) is 11.8. The molecule has 0 saturated carbocycles.